The normalized spacial score (nSPS) is 12.0. The van der Waals surface area contributed by atoms with Gasteiger partial charge < -0.3 is 10.1 Å². The third kappa shape index (κ3) is 4.11. The number of aromatic hydroxyl groups is 1. The number of hydrogen-bond donors (Lipinski definition) is 2. The first-order valence-electron chi connectivity index (χ1n) is 7.84. The van der Waals surface area contributed by atoms with Crippen molar-refractivity contribution in [2.75, 3.05) is 17.1 Å². The molecule has 0 atom stereocenters. The number of aromatic amines is 1. The minimum atomic E-state index is -3.86. The fourth-order valence-electron chi connectivity index (χ4n) is 2.54. The van der Waals surface area contributed by atoms with Crippen molar-refractivity contribution in [3.8, 4) is 5.88 Å². The van der Waals surface area contributed by atoms with Crippen LogP contribution in [0, 0.1) is 0 Å². The van der Waals surface area contributed by atoms with Gasteiger partial charge in [0.15, 0.2) is 5.69 Å². The van der Waals surface area contributed by atoms with E-state index in [1.165, 1.54) is 18.2 Å². The molecule has 0 aliphatic heterocycles. The number of anilines is 1. The molecule has 0 bridgehead atoms. The number of rotatable bonds is 5. The monoisotopic (exact) mass is 440 g/mol. The molecule has 1 amide bonds. The first-order chi connectivity index (χ1) is 13.2. The minimum absolute atomic E-state index is 0.00592. The van der Waals surface area contributed by atoms with Crippen molar-refractivity contribution in [1.29, 1.82) is 0 Å². The lowest BCUT2D eigenvalue weighted by atomic mass is 10.2. The average molecular weight is 441 g/mol. The number of carbonyl (C=O) groups is 1. The third-order valence-electron chi connectivity index (χ3n) is 3.80. The molecule has 0 saturated carbocycles. The predicted molar refractivity (Wildman–Crippen MR) is 108 cm³/mol. The number of halogens is 2. The molecule has 0 radical (unpaired) electrons. The fourth-order valence-corrected chi connectivity index (χ4v) is 3.84. The summed E-state index contributed by atoms with van der Waals surface area (Å²) in [5.74, 6) is -1.11. The Hall–Kier alpha value is -2.62. The van der Waals surface area contributed by atoms with Gasteiger partial charge in [-0.25, -0.2) is 8.42 Å². The number of benzene rings is 2. The van der Waals surface area contributed by atoms with Gasteiger partial charge in [-0.05, 0) is 18.2 Å². The zero-order valence-electron chi connectivity index (χ0n) is 14.4. The number of amides is 1. The Morgan fingerprint density at radius 3 is 2.61 bits per heavy atom. The van der Waals surface area contributed by atoms with Crippen molar-refractivity contribution in [2.45, 2.75) is 0 Å². The van der Waals surface area contributed by atoms with Crippen molar-refractivity contribution >= 4 is 61.4 Å². The number of H-pyrrole nitrogens is 1. The summed E-state index contributed by atoms with van der Waals surface area (Å²) in [4.78, 5) is 15.0. The molecule has 2 aromatic carbocycles. The van der Waals surface area contributed by atoms with Crippen LogP contribution in [-0.2, 0) is 14.8 Å². The molecule has 1 aromatic heterocycles. The number of hydrogen-bond acceptors (Lipinski definition) is 5. The van der Waals surface area contributed by atoms with Crippen LogP contribution in [0.15, 0.2) is 52.7 Å². The van der Waals surface area contributed by atoms with Crippen LogP contribution in [0.3, 0.4) is 0 Å². The summed E-state index contributed by atoms with van der Waals surface area (Å²) in [5.41, 5.74) is 0.746. The zero-order valence-corrected chi connectivity index (χ0v) is 16.8. The Morgan fingerprint density at radius 2 is 1.89 bits per heavy atom. The van der Waals surface area contributed by atoms with Crippen LogP contribution >= 0.6 is 23.2 Å². The number of carbonyl (C=O) groups excluding carboxylic acids is 1. The predicted octanol–water partition coefficient (Wildman–Crippen LogP) is 4.26. The van der Waals surface area contributed by atoms with Gasteiger partial charge >= 0.3 is 0 Å². The Bertz CT molecular complexity index is 1190. The molecule has 3 rings (SSSR count). The molecule has 2 N–H and O–H groups in total. The van der Waals surface area contributed by atoms with Crippen molar-refractivity contribution in [2.24, 2.45) is 10.2 Å². The second-order valence-electron chi connectivity index (χ2n) is 5.80. The molecular formula is C17H14Cl2N4O4S. The quantitative estimate of drug-likeness (QED) is 0.576. The summed E-state index contributed by atoms with van der Waals surface area (Å²) in [6, 6.07) is 11.4. The van der Waals surface area contributed by atoms with Gasteiger partial charge in [0.1, 0.15) is 6.54 Å². The number of azo groups is 1. The molecule has 11 heteroatoms. The summed E-state index contributed by atoms with van der Waals surface area (Å²) in [7, 11) is -3.86. The van der Waals surface area contributed by atoms with E-state index in [1.807, 2.05) is 0 Å². The smallest absolute Gasteiger partial charge is 0.285 e. The Balaban J connectivity index is 1.90. The van der Waals surface area contributed by atoms with E-state index < -0.39 is 22.5 Å². The van der Waals surface area contributed by atoms with E-state index in [0.29, 0.717) is 10.9 Å². The van der Waals surface area contributed by atoms with Gasteiger partial charge in [-0.1, -0.05) is 47.5 Å². The van der Waals surface area contributed by atoms with Crippen molar-refractivity contribution in [1.82, 2.24) is 4.98 Å². The van der Waals surface area contributed by atoms with E-state index in [4.69, 9.17) is 23.2 Å². The maximum atomic E-state index is 12.3. The molecule has 3 aromatic rings. The Morgan fingerprint density at radius 1 is 1.18 bits per heavy atom. The molecule has 0 aliphatic carbocycles. The van der Waals surface area contributed by atoms with E-state index in [9.17, 15) is 18.3 Å². The molecule has 8 nitrogen and oxygen atoms in total. The highest BCUT2D eigenvalue weighted by molar-refractivity contribution is 7.92. The lowest BCUT2D eigenvalue weighted by molar-refractivity contribution is -0.116. The molecular weight excluding hydrogens is 427 g/mol. The summed E-state index contributed by atoms with van der Waals surface area (Å²) >= 11 is 12.0. The van der Waals surface area contributed by atoms with Crippen LogP contribution < -0.4 is 4.31 Å². The summed E-state index contributed by atoms with van der Waals surface area (Å²) < 4.78 is 25.1. The molecule has 146 valence electrons. The maximum absolute atomic E-state index is 12.3. The van der Waals surface area contributed by atoms with Gasteiger partial charge in [0.05, 0.1) is 27.5 Å². The van der Waals surface area contributed by atoms with Crippen LogP contribution in [-0.4, -0.2) is 37.2 Å². The highest BCUT2D eigenvalue weighted by atomic mass is 35.5. The number of nitrogens with zero attached hydrogens (tertiary/aromatic N) is 3. The van der Waals surface area contributed by atoms with E-state index in [0.717, 1.165) is 10.6 Å². The van der Waals surface area contributed by atoms with Crippen molar-refractivity contribution < 1.29 is 18.3 Å². The number of para-hydroxylation sites is 1. The first kappa shape index (κ1) is 20.1. The molecule has 0 spiro atoms. The molecule has 0 fully saturated rings. The Labute approximate surface area is 170 Å². The molecule has 28 heavy (non-hydrogen) atoms. The van der Waals surface area contributed by atoms with Crippen LogP contribution in [0.1, 0.15) is 0 Å². The summed E-state index contributed by atoms with van der Waals surface area (Å²) in [6.45, 7) is -0.633. The van der Waals surface area contributed by atoms with Crippen LogP contribution in [0.5, 0.6) is 5.88 Å². The number of fused-ring (bicyclic) bond motifs is 1. The SMILES string of the molecule is CS(=O)(=O)N(CC(=O)N=Nc1c(O)[nH]c2ccccc12)c1cccc(Cl)c1Cl. The van der Waals surface area contributed by atoms with Crippen molar-refractivity contribution in [3.63, 3.8) is 0 Å². The molecule has 0 aliphatic rings. The highest BCUT2D eigenvalue weighted by Gasteiger charge is 2.24. The number of sulfonamides is 1. The number of aromatic nitrogens is 1. The van der Waals surface area contributed by atoms with Gasteiger partial charge in [0.25, 0.3) is 5.91 Å². The molecule has 1 heterocycles. The summed E-state index contributed by atoms with van der Waals surface area (Å²) in [5, 5.41) is 18.0. The highest BCUT2D eigenvalue weighted by Crippen LogP contribution is 2.36. The van der Waals surface area contributed by atoms with E-state index in [1.54, 1.807) is 24.3 Å². The third-order valence-corrected chi connectivity index (χ3v) is 5.74. The molecule has 0 unspecified atom stereocenters. The fraction of sp³-hybridized carbons (Fsp3) is 0.118. The average Bonchev–Trinajstić information content (AvgIpc) is 2.95. The van der Waals surface area contributed by atoms with E-state index in [2.05, 4.69) is 15.2 Å². The Kier molecular flexibility index (Phi) is 5.59. The van der Waals surface area contributed by atoms with Gasteiger partial charge in [0.2, 0.25) is 15.9 Å². The zero-order chi connectivity index (χ0) is 20.5. The topological polar surface area (TPSA) is 115 Å². The lowest BCUT2D eigenvalue weighted by Gasteiger charge is -2.21. The maximum Gasteiger partial charge on any atom is 0.285 e. The van der Waals surface area contributed by atoms with E-state index in [-0.39, 0.29) is 27.3 Å². The lowest BCUT2D eigenvalue weighted by Crippen LogP contribution is -2.34. The van der Waals surface area contributed by atoms with Gasteiger partial charge in [0, 0.05) is 5.39 Å². The first-order valence-corrected chi connectivity index (χ1v) is 10.4. The van der Waals surface area contributed by atoms with Crippen LogP contribution in [0.25, 0.3) is 10.9 Å². The summed E-state index contributed by atoms with van der Waals surface area (Å²) in [6.07, 6.45) is 0.931. The second kappa shape index (κ2) is 7.78. The van der Waals surface area contributed by atoms with Gasteiger partial charge in [-0.3, -0.25) is 9.10 Å². The van der Waals surface area contributed by atoms with Gasteiger partial charge in [-0.15, -0.1) is 10.2 Å². The largest absolute Gasteiger partial charge is 0.493 e. The van der Waals surface area contributed by atoms with Gasteiger partial charge in [-0.2, -0.15) is 0 Å². The minimum Gasteiger partial charge on any atom is -0.493 e. The van der Waals surface area contributed by atoms with E-state index >= 15 is 0 Å². The van der Waals surface area contributed by atoms with Crippen molar-refractivity contribution in [3.05, 3.63) is 52.5 Å². The number of nitrogens with one attached hydrogen (secondary N) is 1. The van der Waals surface area contributed by atoms with Crippen LogP contribution in [0.2, 0.25) is 10.0 Å². The molecule has 0 saturated heterocycles. The second-order valence-corrected chi connectivity index (χ2v) is 8.50. The van der Waals surface area contributed by atoms with Crippen LogP contribution in [0.4, 0.5) is 11.4 Å². The standard InChI is InChI=1S/C17H14Cl2N4O4S/c1-28(26,27)23(13-8-4-6-11(18)15(13)19)9-14(24)21-22-16-10-5-2-3-7-12(10)20-17(16)25/h2-8,20,25H,9H2,1H3.